The number of carbonyl (C=O) groups excluding carboxylic acids is 2. The first-order valence-electron chi connectivity index (χ1n) is 14.6. The second-order valence-corrected chi connectivity index (χ2v) is 14.6. The molecule has 11 heteroatoms. The number of halogens is 2. The van der Waals surface area contributed by atoms with Gasteiger partial charge in [0.1, 0.15) is 24.1 Å². The summed E-state index contributed by atoms with van der Waals surface area (Å²) in [6.45, 7) is 4.93. The molecule has 0 bridgehead atoms. The maximum absolute atomic E-state index is 14.3. The summed E-state index contributed by atoms with van der Waals surface area (Å²) in [5.74, 6) is 0.143. The Bertz CT molecular complexity index is 1750. The van der Waals surface area contributed by atoms with Crippen molar-refractivity contribution in [3.63, 3.8) is 0 Å². The van der Waals surface area contributed by atoms with Gasteiger partial charge in [0, 0.05) is 28.5 Å². The van der Waals surface area contributed by atoms with Crippen LogP contribution in [0.1, 0.15) is 31.9 Å². The number of ether oxygens (including phenoxy) is 1. The van der Waals surface area contributed by atoms with E-state index in [0.29, 0.717) is 27.1 Å². The molecule has 0 saturated carbocycles. The molecule has 1 N–H and O–H groups in total. The van der Waals surface area contributed by atoms with Gasteiger partial charge in [-0.15, -0.1) is 0 Å². The van der Waals surface area contributed by atoms with Crippen molar-refractivity contribution in [2.45, 2.75) is 45.3 Å². The van der Waals surface area contributed by atoms with Gasteiger partial charge in [-0.25, -0.2) is 8.42 Å². The van der Waals surface area contributed by atoms with E-state index < -0.39 is 34.1 Å². The first-order chi connectivity index (χ1) is 21.7. The van der Waals surface area contributed by atoms with Gasteiger partial charge in [-0.05, 0) is 80.4 Å². The summed E-state index contributed by atoms with van der Waals surface area (Å²) in [7, 11) is -3.94. The van der Waals surface area contributed by atoms with E-state index in [0.717, 1.165) is 16.1 Å². The molecule has 242 valence electrons. The van der Waals surface area contributed by atoms with E-state index in [-0.39, 0.29) is 24.6 Å². The topological polar surface area (TPSA) is 96.0 Å². The molecule has 0 aliphatic rings. The lowest BCUT2D eigenvalue weighted by molar-refractivity contribution is -0.140. The molecule has 0 aliphatic heterocycles. The van der Waals surface area contributed by atoms with Crippen LogP contribution >= 0.6 is 23.2 Å². The summed E-state index contributed by atoms with van der Waals surface area (Å²) >= 11 is 12.7. The number of benzene rings is 4. The van der Waals surface area contributed by atoms with Crippen molar-refractivity contribution < 1.29 is 22.7 Å². The van der Waals surface area contributed by atoms with Gasteiger partial charge in [-0.2, -0.15) is 0 Å². The fraction of sp³-hybridized carbons (Fsp3) is 0.257. The van der Waals surface area contributed by atoms with Gasteiger partial charge in [0.15, 0.2) is 0 Å². The molecular weight excluding hydrogens is 645 g/mol. The summed E-state index contributed by atoms with van der Waals surface area (Å²) in [5.41, 5.74) is 1.04. The zero-order valence-electron chi connectivity index (χ0n) is 26.1. The van der Waals surface area contributed by atoms with Gasteiger partial charge in [-0.3, -0.25) is 13.9 Å². The Morgan fingerprint density at radius 1 is 0.848 bits per heavy atom. The van der Waals surface area contributed by atoms with Crippen LogP contribution < -0.4 is 14.4 Å². The van der Waals surface area contributed by atoms with Gasteiger partial charge in [-0.1, -0.05) is 77.8 Å². The quantitative estimate of drug-likeness (QED) is 0.172. The van der Waals surface area contributed by atoms with Crippen LogP contribution in [0.2, 0.25) is 10.0 Å². The van der Waals surface area contributed by atoms with Crippen LogP contribution in [0.15, 0.2) is 103 Å². The van der Waals surface area contributed by atoms with E-state index in [4.69, 9.17) is 27.9 Å². The molecule has 0 aromatic heterocycles. The molecule has 4 aromatic carbocycles. The highest BCUT2D eigenvalue weighted by atomic mass is 35.5. The Morgan fingerprint density at radius 2 is 1.43 bits per heavy atom. The summed E-state index contributed by atoms with van der Waals surface area (Å²) in [5, 5.41) is 3.72. The number of nitrogens with zero attached hydrogens (tertiary/aromatic N) is 2. The molecule has 0 aliphatic carbocycles. The summed E-state index contributed by atoms with van der Waals surface area (Å²) in [6, 6.07) is 28.8. The van der Waals surface area contributed by atoms with Crippen LogP contribution in [0.5, 0.6) is 11.5 Å². The SMILES string of the molecule is CC(C)(C)NC(=O)[C@H](Cc1ccccc1)N(Cc1ccc(Cl)cc1Cl)C(=O)CN(c1ccc(Oc2ccccc2)cc1)S(C)(=O)=O. The van der Waals surface area contributed by atoms with Crippen molar-refractivity contribution in [1.82, 2.24) is 10.2 Å². The number of nitrogens with one attached hydrogen (secondary N) is 1. The number of sulfonamides is 1. The van der Waals surface area contributed by atoms with E-state index in [1.807, 2.05) is 69.3 Å². The van der Waals surface area contributed by atoms with Crippen LogP contribution in [-0.4, -0.2) is 49.5 Å². The number of hydrogen-bond donors (Lipinski definition) is 1. The van der Waals surface area contributed by atoms with Crippen LogP contribution in [0.25, 0.3) is 0 Å². The molecule has 0 unspecified atom stereocenters. The molecular formula is C35H37Cl2N3O5S. The molecule has 0 spiro atoms. The average molecular weight is 683 g/mol. The van der Waals surface area contributed by atoms with Crippen LogP contribution in [0.4, 0.5) is 5.69 Å². The van der Waals surface area contributed by atoms with E-state index in [1.54, 1.807) is 54.6 Å². The fourth-order valence-electron chi connectivity index (χ4n) is 4.76. The van der Waals surface area contributed by atoms with Crippen molar-refractivity contribution in [1.29, 1.82) is 0 Å². The van der Waals surface area contributed by atoms with Crippen molar-refractivity contribution in [2.75, 3.05) is 17.1 Å². The van der Waals surface area contributed by atoms with Crippen LogP contribution in [-0.2, 0) is 32.6 Å². The van der Waals surface area contributed by atoms with Crippen molar-refractivity contribution >= 4 is 50.7 Å². The van der Waals surface area contributed by atoms with Crippen molar-refractivity contribution in [2.24, 2.45) is 0 Å². The number of anilines is 1. The third kappa shape index (κ3) is 9.97. The fourth-order valence-corrected chi connectivity index (χ4v) is 6.08. The monoisotopic (exact) mass is 681 g/mol. The summed E-state index contributed by atoms with van der Waals surface area (Å²) < 4.78 is 33.1. The van der Waals surface area contributed by atoms with Gasteiger partial charge in [0.25, 0.3) is 0 Å². The van der Waals surface area contributed by atoms with E-state index in [2.05, 4.69) is 5.32 Å². The summed E-state index contributed by atoms with van der Waals surface area (Å²) in [4.78, 5) is 29.6. The Kier molecular flexibility index (Phi) is 11.4. The molecule has 1 atom stereocenters. The number of carbonyl (C=O) groups is 2. The first-order valence-corrected chi connectivity index (χ1v) is 17.2. The van der Waals surface area contributed by atoms with E-state index in [1.165, 1.54) is 4.90 Å². The van der Waals surface area contributed by atoms with E-state index >= 15 is 0 Å². The van der Waals surface area contributed by atoms with Gasteiger partial charge in [0.2, 0.25) is 21.8 Å². The minimum Gasteiger partial charge on any atom is -0.457 e. The standard InChI is InChI=1S/C35H37Cl2N3O5S/c1-35(2,3)38-34(42)32(21-25-11-7-5-8-12-25)39(23-26-15-16-27(36)22-31(26)37)33(41)24-40(46(4,43)44)28-17-19-30(20-18-28)45-29-13-9-6-10-14-29/h5-20,22,32H,21,23-24H2,1-4H3,(H,38,42)/t32-/m0/s1. The van der Waals surface area contributed by atoms with Crippen LogP contribution in [0.3, 0.4) is 0 Å². The minimum absolute atomic E-state index is 0.0641. The van der Waals surface area contributed by atoms with E-state index in [9.17, 15) is 18.0 Å². The Balaban J connectivity index is 1.71. The average Bonchev–Trinajstić information content (AvgIpc) is 2.98. The predicted octanol–water partition coefficient (Wildman–Crippen LogP) is 7.11. The Labute approximate surface area is 280 Å². The molecule has 0 heterocycles. The number of para-hydroxylation sites is 1. The zero-order valence-corrected chi connectivity index (χ0v) is 28.4. The molecule has 4 aromatic rings. The molecule has 4 rings (SSSR count). The second kappa shape index (κ2) is 15.0. The molecule has 0 radical (unpaired) electrons. The lowest BCUT2D eigenvalue weighted by atomic mass is 10.0. The lowest BCUT2D eigenvalue weighted by Crippen LogP contribution is -2.56. The highest BCUT2D eigenvalue weighted by Crippen LogP contribution is 2.28. The van der Waals surface area contributed by atoms with Crippen molar-refractivity contribution in [3.8, 4) is 11.5 Å². The zero-order chi connectivity index (χ0) is 33.5. The first kappa shape index (κ1) is 34.8. The van der Waals surface area contributed by atoms with Gasteiger partial charge >= 0.3 is 0 Å². The maximum Gasteiger partial charge on any atom is 0.244 e. The smallest absolute Gasteiger partial charge is 0.244 e. The Hall–Kier alpha value is -4.05. The minimum atomic E-state index is -3.94. The molecule has 8 nitrogen and oxygen atoms in total. The maximum atomic E-state index is 14.3. The van der Waals surface area contributed by atoms with Crippen LogP contribution in [0, 0.1) is 0 Å². The number of rotatable bonds is 12. The molecule has 2 amide bonds. The number of amides is 2. The number of hydrogen-bond acceptors (Lipinski definition) is 5. The highest BCUT2D eigenvalue weighted by molar-refractivity contribution is 7.92. The lowest BCUT2D eigenvalue weighted by Gasteiger charge is -2.35. The largest absolute Gasteiger partial charge is 0.457 e. The van der Waals surface area contributed by atoms with Crippen molar-refractivity contribution in [3.05, 3.63) is 124 Å². The Morgan fingerprint density at radius 3 is 2.00 bits per heavy atom. The molecule has 0 saturated heterocycles. The second-order valence-electron chi connectivity index (χ2n) is 11.9. The summed E-state index contributed by atoms with van der Waals surface area (Å²) in [6.07, 6.45) is 1.22. The third-order valence-electron chi connectivity index (χ3n) is 6.91. The molecule has 46 heavy (non-hydrogen) atoms. The highest BCUT2D eigenvalue weighted by Gasteiger charge is 2.34. The normalized spacial score (nSPS) is 12.2. The van der Waals surface area contributed by atoms with Gasteiger partial charge < -0.3 is 15.0 Å². The van der Waals surface area contributed by atoms with Gasteiger partial charge in [0.05, 0.1) is 11.9 Å². The predicted molar refractivity (Wildman–Crippen MR) is 184 cm³/mol. The third-order valence-corrected chi connectivity index (χ3v) is 8.64. The molecule has 0 fully saturated rings.